The molecule has 0 unspecified atom stereocenters. The molecule has 0 saturated carbocycles. The summed E-state index contributed by atoms with van der Waals surface area (Å²) < 4.78 is 5.04. The Labute approximate surface area is 121 Å². The van der Waals surface area contributed by atoms with E-state index in [4.69, 9.17) is 9.84 Å². The first-order valence-corrected chi connectivity index (χ1v) is 6.22. The van der Waals surface area contributed by atoms with Crippen molar-refractivity contribution in [2.24, 2.45) is 0 Å². The number of ether oxygens (including phenoxy) is 1. The topological polar surface area (TPSA) is 76.5 Å². The molecule has 21 heavy (non-hydrogen) atoms. The Kier molecular flexibility index (Phi) is 4.82. The number of rotatable bonds is 6. The maximum atomic E-state index is 12.0. The molecule has 1 heterocycles. The van der Waals surface area contributed by atoms with Gasteiger partial charge in [-0.3, -0.25) is 9.78 Å². The van der Waals surface area contributed by atoms with E-state index in [2.05, 4.69) is 4.98 Å². The van der Waals surface area contributed by atoms with Crippen molar-refractivity contribution >= 4 is 17.8 Å². The molecule has 5 nitrogen and oxygen atoms in total. The second-order valence-electron chi connectivity index (χ2n) is 4.19. The summed E-state index contributed by atoms with van der Waals surface area (Å²) in [4.78, 5) is 26.4. The highest BCUT2D eigenvalue weighted by atomic mass is 16.5. The fourth-order valence-electron chi connectivity index (χ4n) is 1.63. The average molecular weight is 283 g/mol. The van der Waals surface area contributed by atoms with Crippen molar-refractivity contribution in [2.75, 3.05) is 6.61 Å². The molecule has 5 heteroatoms. The van der Waals surface area contributed by atoms with Gasteiger partial charge in [-0.1, -0.05) is 18.2 Å². The molecule has 1 N–H and O–H groups in total. The van der Waals surface area contributed by atoms with E-state index in [0.717, 1.165) is 5.56 Å². The summed E-state index contributed by atoms with van der Waals surface area (Å²) in [5.41, 5.74) is 1.25. The van der Waals surface area contributed by atoms with Gasteiger partial charge < -0.3 is 9.84 Å². The molecular weight excluding hydrogens is 270 g/mol. The van der Waals surface area contributed by atoms with Crippen LogP contribution in [0.3, 0.4) is 0 Å². The van der Waals surface area contributed by atoms with Gasteiger partial charge in [0.2, 0.25) is 0 Å². The molecule has 0 saturated heterocycles. The highest BCUT2D eigenvalue weighted by Gasteiger charge is 2.05. The fourth-order valence-corrected chi connectivity index (χ4v) is 1.63. The lowest BCUT2D eigenvalue weighted by atomic mass is 10.1. The third-order valence-electron chi connectivity index (χ3n) is 2.59. The van der Waals surface area contributed by atoms with Crippen LogP contribution in [-0.4, -0.2) is 28.4 Å². The second-order valence-corrected chi connectivity index (χ2v) is 4.19. The number of hydrogen-bond donors (Lipinski definition) is 1. The summed E-state index contributed by atoms with van der Waals surface area (Å²) in [6.45, 7) is -0.441. The molecule has 0 atom stereocenters. The number of carboxylic acids is 1. The van der Waals surface area contributed by atoms with E-state index in [9.17, 15) is 9.59 Å². The second kappa shape index (κ2) is 7.00. The first-order valence-electron chi connectivity index (χ1n) is 6.22. The first-order chi connectivity index (χ1) is 10.1. The van der Waals surface area contributed by atoms with Crippen LogP contribution in [0, 0.1) is 0 Å². The molecule has 1 aromatic heterocycles. The van der Waals surface area contributed by atoms with Gasteiger partial charge >= 0.3 is 5.97 Å². The van der Waals surface area contributed by atoms with Crippen molar-refractivity contribution < 1.29 is 19.4 Å². The van der Waals surface area contributed by atoms with Gasteiger partial charge in [0.25, 0.3) is 0 Å². The predicted octanol–water partition coefficient (Wildman–Crippen LogP) is 2.44. The van der Waals surface area contributed by atoms with Crippen molar-refractivity contribution in [3.05, 3.63) is 66.0 Å². The van der Waals surface area contributed by atoms with E-state index in [1.54, 1.807) is 42.7 Å². The summed E-state index contributed by atoms with van der Waals surface area (Å²) in [6, 6.07) is 10.0. The van der Waals surface area contributed by atoms with Gasteiger partial charge in [-0.05, 0) is 35.9 Å². The molecule has 0 radical (unpaired) electrons. The molecule has 0 amide bonds. The zero-order chi connectivity index (χ0) is 15.1. The lowest BCUT2D eigenvalue weighted by Gasteiger charge is -2.04. The standard InChI is InChI=1S/C16H13NO4/c18-15(7-6-12-3-2-8-17-10-12)13-4-1-5-14(9-13)21-11-16(19)20/h1-10H,11H2,(H,19,20). The summed E-state index contributed by atoms with van der Waals surface area (Å²) in [7, 11) is 0. The van der Waals surface area contributed by atoms with Crippen molar-refractivity contribution in [2.45, 2.75) is 0 Å². The number of nitrogens with zero attached hydrogens (tertiary/aromatic N) is 1. The van der Waals surface area contributed by atoms with E-state index < -0.39 is 12.6 Å². The predicted molar refractivity (Wildman–Crippen MR) is 77.2 cm³/mol. The lowest BCUT2D eigenvalue weighted by molar-refractivity contribution is -0.139. The van der Waals surface area contributed by atoms with Crippen LogP contribution in [0.1, 0.15) is 15.9 Å². The number of allylic oxidation sites excluding steroid dienone is 1. The Morgan fingerprint density at radius 3 is 2.81 bits per heavy atom. The average Bonchev–Trinajstić information content (AvgIpc) is 2.52. The van der Waals surface area contributed by atoms with E-state index in [1.807, 2.05) is 6.07 Å². The Morgan fingerprint density at radius 2 is 2.10 bits per heavy atom. The van der Waals surface area contributed by atoms with E-state index in [1.165, 1.54) is 12.1 Å². The Hall–Kier alpha value is -2.95. The highest BCUT2D eigenvalue weighted by Crippen LogP contribution is 2.14. The minimum atomic E-state index is -1.07. The Balaban J connectivity index is 2.07. The van der Waals surface area contributed by atoms with Gasteiger partial charge in [-0.15, -0.1) is 0 Å². The maximum Gasteiger partial charge on any atom is 0.341 e. The van der Waals surface area contributed by atoms with Crippen LogP contribution >= 0.6 is 0 Å². The normalized spacial score (nSPS) is 10.5. The van der Waals surface area contributed by atoms with Crippen molar-refractivity contribution in [3.8, 4) is 5.75 Å². The maximum absolute atomic E-state index is 12.0. The monoisotopic (exact) mass is 283 g/mol. The number of ketones is 1. The molecule has 0 spiro atoms. The Morgan fingerprint density at radius 1 is 1.24 bits per heavy atom. The zero-order valence-corrected chi connectivity index (χ0v) is 11.1. The zero-order valence-electron chi connectivity index (χ0n) is 11.1. The van der Waals surface area contributed by atoms with Crippen LogP contribution < -0.4 is 4.74 Å². The minimum absolute atomic E-state index is 0.195. The largest absolute Gasteiger partial charge is 0.482 e. The van der Waals surface area contributed by atoms with Crippen LogP contribution in [0.2, 0.25) is 0 Å². The summed E-state index contributed by atoms with van der Waals surface area (Å²) >= 11 is 0. The van der Waals surface area contributed by atoms with Crippen molar-refractivity contribution in [1.82, 2.24) is 4.98 Å². The van der Waals surface area contributed by atoms with Gasteiger partial charge in [0.05, 0.1) is 0 Å². The molecule has 0 aliphatic heterocycles. The molecule has 1 aromatic carbocycles. The smallest absolute Gasteiger partial charge is 0.341 e. The molecule has 0 fully saturated rings. The van der Waals surface area contributed by atoms with Crippen molar-refractivity contribution in [1.29, 1.82) is 0 Å². The molecule has 2 rings (SSSR count). The van der Waals surface area contributed by atoms with Crippen LogP contribution in [0.5, 0.6) is 5.75 Å². The van der Waals surface area contributed by atoms with E-state index in [0.29, 0.717) is 11.3 Å². The number of carboxylic acid groups (broad SMARTS) is 1. The minimum Gasteiger partial charge on any atom is -0.482 e. The van der Waals surface area contributed by atoms with Gasteiger partial charge in [0, 0.05) is 18.0 Å². The van der Waals surface area contributed by atoms with Crippen molar-refractivity contribution in [3.63, 3.8) is 0 Å². The quantitative estimate of drug-likeness (QED) is 0.651. The SMILES string of the molecule is O=C(O)COc1cccc(C(=O)C=Cc2cccnc2)c1. The number of benzene rings is 1. The molecule has 0 bridgehead atoms. The van der Waals surface area contributed by atoms with Crippen LogP contribution in [0.15, 0.2) is 54.9 Å². The molecular formula is C16H13NO4. The van der Waals surface area contributed by atoms with Gasteiger partial charge in [-0.2, -0.15) is 0 Å². The summed E-state index contributed by atoms with van der Waals surface area (Å²) in [5, 5.41) is 8.55. The van der Waals surface area contributed by atoms with Gasteiger partial charge in [0.15, 0.2) is 12.4 Å². The summed E-state index contributed by atoms with van der Waals surface area (Å²) in [5.74, 6) is -0.916. The number of hydrogen-bond acceptors (Lipinski definition) is 4. The first kappa shape index (κ1) is 14.5. The van der Waals surface area contributed by atoms with Gasteiger partial charge in [0.1, 0.15) is 5.75 Å². The number of carbonyl (C=O) groups excluding carboxylic acids is 1. The molecule has 0 aliphatic carbocycles. The van der Waals surface area contributed by atoms with Gasteiger partial charge in [-0.25, -0.2) is 4.79 Å². The fraction of sp³-hybridized carbons (Fsp3) is 0.0625. The van der Waals surface area contributed by atoms with E-state index in [-0.39, 0.29) is 5.78 Å². The number of carbonyl (C=O) groups is 2. The number of aromatic nitrogens is 1. The van der Waals surface area contributed by atoms with E-state index >= 15 is 0 Å². The molecule has 106 valence electrons. The number of pyridine rings is 1. The summed E-state index contributed by atoms with van der Waals surface area (Å²) in [6.07, 6.45) is 6.41. The highest BCUT2D eigenvalue weighted by molar-refractivity contribution is 6.07. The van der Waals surface area contributed by atoms with Crippen LogP contribution in [-0.2, 0) is 4.79 Å². The lowest BCUT2D eigenvalue weighted by Crippen LogP contribution is -2.09. The van der Waals surface area contributed by atoms with Crippen LogP contribution in [0.4, 0.5) is 0 Å². The Bertz CT molecular complexity index is 665. The van der Waals surface area contributed by atoms with Crippen LogP contribution in [0.25, 0.3) is 6.08 Å². The molecule has 0 aliphatic rings. The third-order valence-corrected chi connectivity index (χ3v) is 2.59. The third kappa shape index (κ3) is 4.58. The molecule has 2 aromatic rings. The number of aliphatic carboxylic acids is 1.